The summed E-state index contributed by atoms with van der Waals surface area (Å²) >= 11 is 0. The predicted molar refractivity (Wildman–Crippen MR) is 81.9 cm³/mol. The van der Waals surface area contributed by atoms with Crippen LogP contribution >= 0.6 is 0 Å². The van der Waals surface area contributed by atoms with Crippen LogP contribution in [0.15, 0.2) is 24.3 Å². The molecule has 0 unspecified atom stereocenters. The Balaban J connectivity index is 2.04. The van der Waals surface area contributed by atoms with Crippen molar-refractivity contribution in [3.8, 4) is 5.75 Å². The molecule has 0 radical (unpaired) electrons. The van der Waals surface area contributed by atoms with Crippen LogP contribution in [0.4, 0.5) is 4.79 Å². The van der Waals surface area contributed by atoms with Gasteiger partial charge in [0.15, 0.2) is 0 Å². The number of benzene rings is 1. The van der Waals surface area contributed by atoms with Crippen LogP contribution in [0, 0.1) is 0 Å². The molecule has 0 heterocycles. The molecule has 1 amide bonds. The van der Waals surface area contributed by atoms with Gasteiger partial charge in [0.1, 0.15) is 12.4 Å². The summed E-state index contributed by atoms with van der Waals surface area (Å²) in [4.78, 5) is 21.8. The van der Waals surface area contributed by atoms with Gasteiger partial charge in [0, 0.05) is 13.0 Å². The van der Waals surface area contributed by atoms with Crippen LogP contribution < -0.4 is 10.1 Å². The Bertz CT molecular complexity index is 458. The lowest BCUT2D eigenvalue weighted by molar-refractivity contribution is -0.137. The summed E-state index contributed by atoms with van der Waals surface area (Å²) in [5.74, 6) is -0.00339. The van der Waals surface area contributed by atoms with Crippen molar-refractivity contribution >= 4 is 12.1 Å². The minimum atomic E-state index is -0.764. The summed E-state index contributed by atoms with van der Waals surface area (Å²) in [5, 5.41) is 11.2. The Morgan fingerprint density at radius 1 is 1.09 bits per heavy atom. The number of rotatable bonds is 10. The number of hydrogen-bond donors (Lipinski definition) is 2. The zero-order valence-corrected chi connectivity index (χ0v) is 12.8. The molecule has 0 aromatic heterocycles. The van der Waals surface area contributed by atoms with E-state index in [1.54, 1.807) is 7.11 Å². The number of nitrogens with one attached hydrogen (secondary N) is 1. The molecule has 1 aromatic rings. The third-order valence-corrected chi connectivity index (χ3v) is 3.12. The number of carbonyl (C=O) groups excluding carboxylic acids is 1. The van der Waals surface area contributed by atoms with Gasteiger partial charge >= 0.3 is 12.1 Å². The number of amides is 1. The zero-order chi connectivity index (χ0) is 16.2. The van der Waals surface area contributed by atoms with Crippen LogP contribution in [0.1, 0.15) is 37.7 Å². The Labute approximate surface area is 130 Å². The quantitative estimate of drug-likeness (QED) is 0.649. The van der Waals surface area contributed by atoms with Crippen LogP contribution in [0.25, 0.3) is 0 Å². The lowest BCUT2D eigenvalue weighted by Gasteiger charge is -2.07. The fourth-order valence-electron chi connectivity index (χ4n) is 1.87. The summed E-state index contributed by atoms with van der Waals surface area (Å²) in [5.41, 5.74) is 0.893. The fraction of sp³-hybridized carbons (Fsp3) is 0.500. The number of ether oxygens (including phenoxy) is 2. The molecule has 22 heavy (non-hydrogen) atoms. The van der Waals surface area contributed by atoms with E-state index in [0.717, 1.165) is 30.6 Å². The molecule has 0 aliphatic carbocycles. The monoisotopic (exact) mass is 309 g/mol. The molecule has 0 saturated carbocycles. The molecular formula is C16H23NO5. The van der Waals surface area contributed by atoms with Gasteiger partial charge in [0.05, 0.1) is 7.11 Å². The topological polar surface area (TPSA) is 84.9 Å². The van der Waals surface area contributed by atoms with E-state index in [4.69, 9.17) is 14.6 Å². The first-order valence-electron chi connectivity index (χ1n) is 7.37. The Morgan fingerprint density at radius 2 is 1.77 bits per heavy atom. The van der Waals surface area contributed by atoms with Gasteiger partial charge in [0.25, 0.3) is 0 Å². The number of carboxylic acids is 1. The van der Waals surface area contributed by atoms with Crippen molar-refractivity contribution in [3.63, 3.8) is 0 Å². The van der Waals surface area contributed by atoms with E-state index < -0.39 is 12.1 Å². The highest BCUT2D eigenvalue weighted by atomic mass is 16.5. The second-order valence-corrected chi connectivity index (χ2v) is 4.91. The van der Waals surface area contributed by atoms with Crippen LogP contribution in [0.3, 0.4) is 0 Å². The maximum absolute atomic E-state index is 11.5. The van der Waals surface area contributed by atoms with E-state index in [1.165, 1.54) is 0 Å². The normalized spacial score (nSPS) is 10.0. The van der Waals surface area contributed by atoms with Gasteiger partial charge in [-0.1, -0.05) is 25.0 Å². The predicted octanol–water partition coefficient (Wildman–Crippen LogP) is 2.96. The highest BCUT2D eigenvalue weighted by Gasteiger charge is 2.02. The van der Waals surface area contributed by atoms with E-state index in [2.05, 4.69) is 5.32 Å². The summed E-state index contributed by atoms with van der Waals surface area (Å²) in [6.07, 6.45) is 3.01. The number of alkyl carbamates (subject to hydrolysis) is 1. The van der Waals surface area contributed by atoms with E-state index >= 15 is 0 Å². The lowest BCUT2D eigenvalue weighted by Crippen LogP contribution is -2.25. The average Bonchev–Trinajstić information content (AvgIpc) is 2.52. The molecule has 0 atom stereocenters. The van der Waals surface area contributed by atoms with Gasteiger partial charge < -0.3 is 19.9 Å². The first-order valence-corrected chi connectivity index (χ1v) is 7.37. The van der Waals surface area contributed by atoms with Crippen molar-refractivity contribution in [2.24, 2.45) is 0 Å². The first kappa shape index (κ1) is 17.8. The number of aliphatic carboxylic acids is 1. The lowest BCUT2D eigenvalue weighted by atomic mass is 10.1. The van der Waals surface area contributed by atoms with Gasteiger partial charge in [-0.3, -0.25) is 4.79 Å². The van der Waals surface area contributed by atoms with Gasteiger partial charge in [0.2, 0.25) is 0 Å². The number of carbonyl (C=O) groups is 2. The minimum absolute atomic E-state index is 0.206. The van der Waals surface area contributed by atoms with Gasteiger partial charge in [-0.25, -0.2) is 4.79 Å². The van der Waals surface area contributed by atoms with Crippen molar-refractivity contribution in [1.29, 1.82) is 0 Å². The number of hydrogen-bond acceptors (Lipinski definition) is 4. The van der Waals surface area contributed by atoms with E-state index in [-0.39, 0.29) is 13.0 Å². The van der Waals surface area contributed by atoms with Crippen LogP contribution in [-0.4, -0.2) is 30.8 Å². The zero-order valence-electron chi connectivity index (χ0n) is 12.8. The van der Waals surface area contributed by atoms with E-state index in [1.807, 2.05) is 24.3 Å². The van der Waals surface area contributed by atoms with Crippen molar-refractivity contribution in [2.75, 3.05) is 13.7 Å². The first-order chi connectivity index (χ1) is 10.6. The maximum atomic E-state index is 11.5. The van der Waals surface area contributed by atoms with Crippen molar-refractivity contribution in [3.05, 3.63) is 29.8 Å². The molecule has 1 rings (SSSR count). The Hall–Kier alpha value is -2.24. The highest BCUT2D eigenvalue weighted by molar-refractivity contribution is 5.67. The number of methoxy groups -OCH3 is 1. The van der Waals surface area contributed by atoms with Crippen LogP contribution in [0.2, 0.25) is 0 Å². The van der Waals surface area contributed by atoms with Crippen LogP contribution in [-0.2, 0) is 16.1 Å². The van der Waals surface area contributed by atoms with Gasteiger partial charge in [-0.2, -0.15) is 0 Å². The van der Waals surface area contributed by atoms with Crippen LogP contribution in [0.5, 0.6) is 5.75 Å². The highest BCUT2D eigenvalue weighted by Crippen LogP contribution is 2.11. The smallest absolute Gasteiger partial charge is 0.407 e. The maximum Gasteiger partial charge on any atom is 0.407 e. The minimum Gasteiger partial charge on any atom is -0.497 e. The number of carboxylic acid groups (broad SMARTS) is 1. The SMILES string of the molecule is COc1ccc(COC(=O)NCCCCCCC(=O)O)cc1. The third kappa shape index (κ3) is 8.14. The molecule has 122 valence electrons. The molecule has 2 N–H and O–H groups in total. The number of unbranched alkanes of at least 4 members (excludes halogenated alkanes) is 3. The molecule has 1 aromatic carbocycles. The van der Waals surface area contributed by atoms with E-state index in [9.17, 15) is 9.59 Å². The average molecular weight is 309 g/mol. The standard InChI is InChI=1S/C16H23NO5/c1-21-14-9-7-13(8-10-14)12-22-16(20)17-11-5-3-2-4-6-15(18)19/h7-10H,2-6,11-12H2,1H3,(H,17,20)(H,18,19). The summed E-state index contributed by atoms with van der Waals surface area (Å²) in [7, 11) is 1.60. The third-order valence-electron chi connectivity index (χ3n) is 3.12. The largest absolute Gasteiger partial charge is 0.497 e. The fourth-order valence-corrected chi connectivity index (χ4v) is 1.87. The van der Waals surface area contributed by atoms with Gasteiger partial charge in [-0.05, 0) is 30.5 Å². The summed E-state index contributed by atoms with van der Waals surface area (Å²) in [6.45, 7) is 0.753. The second kappa shape index (κ2) is 10.5. The molecule has 6 heteroatoms. The molecule has 6 nitrogen and oxygen atoms in total. The van der Waals surface area contributed by atoms with Crippen molar-refractivity contribution < 1.29 is 24.2 Å². The summed E-state index contributed by atoms with van der Waals surface area (Å²) in [6, 6.07) is 7.31. The molecule has 0 fully saturated rings. The molecular weight excluding hydrogens is 286 g/mol. The van der Waals surface area contributed by atoms with Crippen molar-refractivity contribution in [2.45, 2.75) is 38.7 Å². The van der Waals surface area contributed by atoms with Crippen molar-refractivity contribution in [1.82, 2.24) is 5.32 Å². The molecule has 0 aliphatic rings. The molecule has 0 spiro atoms. The molecule has 0 saturated heterocycles. The van der Waals surface area contributed by atoms with Gasteiger partial charge in [-0.15, -0.1) is 0 Å². The Kier molecular flexibility index (Phi) is 8.49. The second-order valence-electron chi connectivity index (χ2n) is 4.91. The summed E-state index contributed by atoms with van der Waals surface area (Å²) < 4.78 is 10.1. The Morgan fingerprint density at radius 3 is 2.41 bits per heavy atom. The van der Waals surface area contributed by atoms with E-state index in [0.29, 0.717) is 13.0 Å². The molecule has 0 aliphatic heterocycles. The molecule has 0 bridgehead atoms.